The Bertz CT molecular complexity index is 512. The molecule has 2 heterocycles. The minimum Gasteiger partial charge on any atom is -0.206 e. The molecule has 6 heteroatoms. The van der Waals surface area contributed by atoms with Crippen molar-refractivity contribution in [2.24, 2.45) is 5.92 Å². The van der Waals surface area contributed by atoms with Crippen LogP contribution >= 0.6 is 27.3 Å². The van der Waals surface area contributed by atoms with Gasteiger partial charge in [0.15, 0.2) is 0 Å². The van der Waals surface area contributed by atoms with Gasteiger partial charge in [0.2, 0.25) is 0 Å². The third-order valence-electron chi connectivity index (χ3n) is 3.66. The van der Waals surface area contributed by atoms with Gasteiger partial charge in [-0.15, -0.1) is 11.3 Å². The van der Waals surface area contributed by atoms with Crippen molar-refractivity contribution < 1.29 is 8.42 Å². The van der Waals surface area contributed by atoms with Gasteiger partial charge in [-0.1, -0.05) is 19.8 Å². The van der Waals surface area contributed by atoms with Crippen LogP contribution < -0.4 is 0 Å². The Labute approximate surface area is 128 Å². The number of hydrogen-bond acceptors (Lipinski definition) is 3. The van der Waals surface area contributed by atoms with Crippen LogP contribution in [0.4, 0.5) is 0 Å². The quantitative estimate of drug-likeness (QED) is 0.805. The Morgan fingerprint density at radius 2 is 2.21 bits per heavy atom. The molecule has 0 N–H and O–H groups in total. The first-order valence-corrected chi connectivity index (χ1v) is 9.90. The highest BCUT2D eigenvalue weighted by molar-refractivity contribution is 9.10. The van der Waals surface area contributed by atoms with Crippen molar-refractivity contribution in [3.8, 4) is 0 Å². The number of halogens is 1. The van der Waals surface area contributed by atoms with E-state index in [9.17, 15) is 8.42 Å². The lowest BCUT2D eigenvalue weighted by Crippen LogP contribution is -2.31. The van der Waals surface area contributed by atoms with Crippen LogP contribution in [0.1, 0.15) is 39.0 Å². The molecule has 2 rings (SSSR count). The van der Waals surface area contributed by atoms with Crippen molar-refractivity contribution in [2.75, 3.05) is 13.1 Å². The summed E-state index contributed by atoms with van der Waals surface area (Å²) < 4.78 is 28.0. The van der Waals surface area contributed by atoms with Gasteiger partial charge in [0, 0.05) is 17.6 Å². The Morgan fingerprint density at radius 3 is 2.84 bits per heavy atom. The second-order valence-electron chi connectivity index (χ2n) is 5.05. The maximum Gasteiger partial charge on any atom is 0.253 e. The van der Waals surface area contributed by atoms with Gasteiger partial charge < -0.3 is 0 Å². The summed E-state index contributed by atoms with van der Waals surface area (Å²) in [5.74, 6) is 0.692. The summed E-state index contributed by atoms with van der Waals surface area (Å²) in [5, 5.41) is 1.81. The molecule has 1 aromatic heterocycles. The van der Waals surface area contributed by atoms with Gasteiger partial charge in [-0.25, -0.2) is 8.42 Å². The van der Waals surface area contributed by atoms with E-state index >= 15 is 0 Å². The Balaban J connectivity index is 2.12. The third kappa shape index (κ3) is 3.60. The molecule has 19 heavy (non-hydrogen) atoms. The summed E-state index contributed by atoms with van der Waals surface area (Å²) in [4.78, 5) is 0. The lowest BCUT2D eigenvalue weighted by atomic mass is 9.96. The first-order chi connectivity index (χ1) is 9.05. The molecule has 0 spiro atoms. The second kappa shape index (κ2) is 6.70. The van der Waals surface area contributed by atoms with Crippen LogP contribution in [0.25, 0.3) is 0 Å². The fourth-order valence-electron chi connectivity index (χ4n) is 2.66. The van der Waals surface area contributed by atoms with E-state index in [1.54, 1.807) is 10.4 Å². The zero-order valence-electron chi connectivity index (χ0n) is 11.1. The molecule has 1 atom stereocenters. The van der Waals surface area contributed by atoms with Crippen molar-refractivity contribution in [1.82, 2.24) is 4.31 Å². The van der Waals surface area contributed by atoms with E-state index in [1.807, 2.05) is 5.38 Å². The van der Waals surface area contributed by atoms with Gasteiger partial charge in [-0.05, 0) is 52.6 Å². The van der Waals surface area contributed by atoms with E-state index in [4.69, 9.17) is 0 Å². The highest BCUT2D eigenvalue weighted by Crippen LogP contribution is 2.32. The highest BCUT2D eigenvalue weighted by Gasteiger charge is 2.29. The minimum atomic E-state index is -3.31. The molecule has 0 saturated carbocycles. The highest BCUT2D eigenvalue weighted by atomic mass is 79.9. The molecule has 0 radical (unpaired) electrons. The van der Waals surface area contributed by atoms with Crippen molar-refractivity contribution in [3.63, 3.8) is 0 Å². The molecule has 3 nitrogen and oxygen atoms in total. The van der Waals surface area contributed by atoms with Crippen LogP contribution in [-0.2, 0) is 10.0 Å². The summed E-state index contributed by atoms with van der Waals surface area (Å²) in [6, 6.07) is 1.80. The van der Waals surface area contributed by atoms with Crippen molar-refractivity contribution in [2.45, 2.75) is 43.2 Å². The van der Waals surface area contributed by atoms with Gasteiger partial charge in [0.1, 0.15) is 4.21 Å². The number of thiophene rings is 1. The average Bonchev–Trinajstić information content (AvgIpc) is 2.66. The summed E-state index contributed by atoms with van der Waals surface area (Å²) in [6.45, 7) is 3.52. The smallest absolute Gasteiger partial charge is 0.206 e. The van der Waals surface area contributed by atoms with Gasteiger partial charge in [0.25, 0.3) is 10.0 Å². The van der Waals surface area contributed by atoms with E-state index in [0.717, 1.165) is 19.3 Å². The first-order valence-electron chi connectivity index (χ1n) is 6.79. The lowest BCUT2D eigenvalue weighted by molar-refractivity contribution is 0.400. The number of rotatable bonds is 4. The van der Waals surface area contributed by atoms with Crippen LogP contribution in [0.5, 0.6) is 0 Å². The van der Waals surface area contributed by atoms with E-state index in [1.165, 1.54) is 24.2 Å². The molecule has 108 valence electrons. The minimum absolute atomic E-state index is 0.446. The Kier molecular flexibility index (Phi) is 5.45. The molecule has 1 unspecified atom stereocenters. The molecule has 1 fully saturated rings. The lowest BCUT2D eigenvalue weighted by Gasteiger charge is -2.19. The fraction of sp³-hybridized carbons (Fsp3) is 0.692. The molecule has 1 aliphatic rings. The van der Waals surface area contributed by atoms with Crippen LogP contribution in [0.3, 0.4) is 0 Å². The molecular formula is C13H20BrNO2S2. The Morgan fingerprint density at radius 1 is 1.42 bits per heavy atom. The van der Waals surface area contributed by atoms with Crippen LogP contribution in [0.2, 0.25) is 0 Å². The van der Waals surface area contributed by atoms with Crippen LogP contribution in [-0.4, -0.2) is 25.8 Å². The maximum atomic E-state index is 12.6. The summed E-state index contributed by atoms with van der Waals surface area (Å²) >= 11 is 4.62. The second-order valence-corrected chi connectivity index (χ2v) is 8.95. The average molecular weight is 366 g/mol. The van der Waals surface area contributed by atoms with Crippen molar-refractivity contribution in [3.05, 3.63) is 15.9 Å². The molecule has 1 aliphatic heterocycles. The SMILES string of the molecule is CCCC1CCCN(S(=O)(=O)c2sccc2Br)CC1. The van der Waals surface area contributed by atoms with E-state index in [2.05, 4.69) is 22.9 Å². The molecule has 0 aromatic carbocycles. The summed E-state index contributed by atoms with van der Waals surface area (Å²) in [5.41, 5.74) is 0. The summed E-state index contributed by atoms with van der Waals surface area (Å²) in [7, 11) is -3.31. The van der Waals surface area contributed by atoms with E-state index < -0.39 is 10.0 Å². The maximum absolute atomic E-state index is 12.6. The standard InChI is InChI=1S/C13H20BrNO2S2/c1-2-4-11-5-3-8-15(9-6-11)19(16,17)13-12(14)7-10-18-13/h7,10-11H,2-6,8-9H2,1H3. The number of sulfonamides is 1. The van der Waals surface area contributed by atoms with Crippen molar-refractivity contribution in [1.29, 1.82) is 0 Å². The molecule has 0 aliphatic carbocycles. The number of hydrogen-bond donors (Lipinski definition) is 0. The first kappa shape index (κ1) is 15.5. The zero-order chi connectivity index (χ0) is 13.9. The molecular weight excluding hydrogens is 346 g/mol. The predicted octanol–water partition coefficient (Wildman–Crippen LogP) is 4.10. The van der Waals surface area contributed by atoms with Crippen LogP contribution in [0.15, 0.2) is 20.1 Å². The molecule has 1 aromatic rings. The van der Waals surface area contributed by atoms with Crippen molar-refractivity contribution >= 4 is 37.3 Å². The zero-order valence-corrected chi connectivity index (χ0v) is 14.4. The topological polar surface area (TPSA) is 37.4 Å². The van der Waals surface area contributed by atoms with E-state index in [-0.39, 0.29) is 0 Å². The van der Waals surface area contributed by atoms with Gasteiger partial charge in [-0.2, -0.15) is 4.31 Å². The van der Waals surface area contributed by atoms with Crippen LogP contribution in [0, 0.1) is 5.92 Å². The van der Waals surface area contributed by atoms with E-state index in [0.29, 0.717) is 27.7 Å². The monoisotopic (exact) mass is 365 g/mol. The van der Waals surface area contributed by atoms with Gasteiger partial charge in [-0.3, -0.25) is 0 Å². The Hall–Kier alpha value is 0.0900. The predicted molar refractivity (Wildman–Crippen MR) is 83.0 cm³/mol. The van der Waals surface area contributed by atoms with Gasteiger partial charge >= 0.3 is 0 Å². The fourth-order valence-corrected chi connectivity index (χ4v) is 6.60. The largest absolute Gasteiger partial charge is 0.253 e. The number of nitrogens with zero attached hydrogens (tertiary/aromatic N) is 1. The molecule has 1 saturated heterocycles. The van der Waals surface area contributed by atoms with Gasteiger partial charge in [0.05, 0.1) is 0 Å². The normalized spacial score (nSPS) is 22.3. The molecule has 0 bridgehead atoms. The summed E-state index contributed by atoms with van der Waals surface area (Å²) in [6.07, 6.45) is 5.54. The molecule has 0 amide bonds. The third-order valence-corrected chi connectivity index (χ3v) is 8.21.